The van der Waals surface area contributed by atoms with Gasteiger partial charge >= 0.3 is 0 Å². The average molecular weight is 308 g/mol. The Morgan fingerprint density at radius 3 is 3.05 bits per heavy atom. The zero-order valence-electron chi connectivity index (χ0n) is 11.4. The number of hydrogen-bond donors (Lipinski definition) is 1. The van der Waals surface area contributed by atoms with Crippen LogP contribution in [0, 0.1) is 0 Å². The Bertz CT molecular complexity index is 711. The van der Waals surface area contributed by atoms with Gasteiger partial charge in [0.2, 0.25) is 10.0 Å². The first kappa shape index (κ1) is 14.1. The average Bonchev–Trinajstić information content (AvgIpc) is 3.00. The van der Waals surface area contributed by atoms with Gasteiger partial charge in [-0.1, -0.05) is 17.3 Å². The van der Waals surface area contributed by atoms with E-state index >= 15 is 0 Å². The predicted octanol–water partition coefficient (Wildman–Crippen LogP) is 1.52. The van der Waals surface area contributed by atoms with Gasteiger partial charge in [-0.2, -0.15) is 0 Å². The Kier molecular flexibility index (Phi) is 3.94. The molecule has 21 heavy (non-hydrogen) atoms. The van der Waals surface area contributed by atoms with Crippen LogP contribution in [0.3, 0.4) is 0 Å². The number of hydrogen-bond acceptors (Lipinski definition) is 5. The van der Waals surface area contributed by atoms with Gasteiger partial charge in [-0.25, -0.2) is 13.1 Å². The van der Waals surface area contributed by atoms with Crippen LogP contribution in [0.2, 0.25) is 0 Å². The smallest absolute Gasteiger partial charge is 0.244 e. The van der Waals surface area contributed by atoms with Crippen molar-refractivity contribution in [2.24, 2.45) is 0 Å². The zero-order valence-corrected chi connectivity index (χ0v) is 12.2. The van der Waals surface area contributed by atoms with Crippen molar-refractivity contribution in [2.45, 2.75) is 24.2 Å². The molecule has 0 aliphatic carbocycles. The number of aromatic nitrogens is 1. The maximum absolute atomic E-state index is 12.4. The van der Waals surface area contributed by atoms with Crippen LogP contribution < -0.4 is 9.46 Å². The normalized spacial score (nSPS) is 14.5. The molecule has 2 heterocycles. The number of ether oxygens (including phenoxy) is 1. The fourth-order valence-electron chi connectivity index (χ4n) is 2.33. The van der Waals surface area contributed by atoms with E-state index in [4.69, 9.17) is 9.26 Å². The van der Waals surface area contributed by atoms with E-state index in [0.29, 0.717) is 18.8 Å². The van der Waals surface area contributed by atoms with Crippen molar-refractivity contribution in [3.05, 3.63) is 41.8 Å². The molecular weight excluding hydrogens is 292 g/mol. The summed E-state index contributed by atoms with van der Waals surface area (Å²) in [6.45, 7) is 0.841. The van der Waals surface area contributed by atoms with Gasteiger partial charge in [0, 0.05) is 12.1 Å². The number of aryl methyl sites for hydroxylation is 1. The minimum absolute atomic E-state index is 0.213. The van der Waals surface area contributed by atoms with Crippen molar-refractivity contribution >= 4 is 10.0 Å². The minimum Gasteiger partial charge on any atom is -0.492 e. The Morgan fingerprint density at radius 2 is 2.24 bits per heavy atom. The second kappa shape index (κ2) is 5.87. The molecule has 0 unspecified atom stereocenters. The molecule has 1 aromatic carbocycles. The van der Waals surface area contributed by atoms with E-state index in [0.717, 1.165) is 24.0 Å². The van der Waals surface area contributed by atoms with E-state index < -0.39 is 10.0 Å². The molecule has 1 N–H and O–H groups in total. The van der Waals surface area contributed by atoms with Gasteiger partial charge < -0.3 is 9.26 Å². The number of nitrogens with zero attached hydrogens (tertiary/aromatic N) is 1. The van der Waals surface area contributed by atoms with Crippen molar-refractivity contribution in [3.63, 3.8) is 0 Å². The predicted molar refractivity (Wildman–Crippen MR) is 75.7 cm³/mol. The Morgan fingerprint density at radius 1 is 1.33 bits per heavy atom. The highest BCUT2D eigenvalue weighted by Crippen LogP contribution is 2.31. The number of para-hydroxylation sites is 1. The molecule has 0 radical (unpaired) electrons. The van der Waals surface area contributed by atoms with E-state index in [1.54, 1.807) is 18.3 Å². The summed E-state index contributed by atoms with van der Waals surface area (Å²) in [6, 6.07) is 5.23. The van der Waals surface area contributed by atoms with Crippen LogP contribution in [-0.2, 0) is 22.9 Å². The van der Waals surface area contributed by atoms with Crippen molar-refractivity contribution in [2.75, 3.05) is 13.2 Å². The molecule has 0 amide bonds. The fourth-order valence-corrected chi connectivity index (χ4v) is 3.55. The lowest BCUT2D eigenvalue weighted by Crippen LogP contribution is -2.27. The van der Waals surface area contributed by atoms with Gasteiger partial charge in [-0.15, -0.1) is 0 Å². The molecule has 2 aromatic rings. The maximum atomic E-state index is 12.4. The summed E-state index contributed by atoms with van der Waals surface area (Å²) >= 11 is 0. The topological polar surface area (TPSA) is 81.4 Å². The summed E-state index contributed by atoms with van der Waals surface area (Å²) in [5.41, 5.74) is 1.80. The minimum atomic E-state index is -3.58. The first-order valence-electron chi connectivity index (χ1n) is 6.79. The second-order valence-corrected chi connectivity index (χ2v) is 6.61. The first-order chi connectivity index (χ1) is 10.2. The number of rotatable bonds is 5. The standard InChI is InChI=1S/C14H16N2O4S/c17-21(18,16-7-6-11-9-15-20-10-11)13-5-1-3-12-4-2-8-19-14(12)13/h1,3,5,9-10,16H,2,4,6-8H2. The van der Waals surface area contributed by atoms with E-state index in [9.17, 15) is 8.42 Å². The third-order valence-electron chi connectivity index (χ3n) is 3.38. The highest BCUT2D eigenvalue weighted by molar-refractivity contribution is 7.89. The summed E-state index contributed by atoms with van der Waals surface area (Å²) in [4.78, 5) is 0.213. The number of sulfonamides is 1. The molecule has 1 aliphatic rings. The highest BCUT2D eigenvalue weighted by Gasteiger charge is 2.23. The summed E-state index contributed by atoms with van der Waals surface area (Å²) in [5.74, 6) is 0.487. The van der Waals surface area contributed by atoms with Gasteiger partial charge in [-0.3, -0.25) is 0 Å². The summed E-state index contributed by atoms with van der Waals surface area (Å²) < 4.78 is 37.6. The molecule has 0 fully saturated rings. The number of benzene rings is 1. The number of nitrogens with one attached hydrogen (secondary N) is 1. The fraction of sp³-hybridized carbons (Fsp3) is 0.357. The van der Waals surface area contributed by atoms with Crippen molar-refractivity contribution in [1.29, 1.82) is 0 Å². The summed E-state index contributed by atoms with van der Waals surface area (Å²) in [7, 11) is -3.58. The first-order valence-corrected chi connectivity index (χ1v) is 8.28. The Balaban J connectivity index is 1.75. The van der Waals surface area contributed by atoms with Gasteiger partial charge in [0.1, 0.15) is 16.9 Å². The molecule has 0 saturated heterocycles. The number of fused-ring (bicyclic) bond motifs is 1. The van der Waals surface area contributed by atoms with E-state index in [1.165, 1.54) is 6.26 Å². The molecule has 0 bridgehead atoms. The van der Waals surface area contributed by atoms with Crippen LogP contribution >= 0.6 is 0 Å². The van der Waals surface area contributed by atoms with Crippen LogP contribution in [0.1, 0.15) is 17.5 Å². The largest absolute Gasteiger partial charge is 0.492 e. The zero-order chi connectivity index (χ0) is 14.7. The summed E-state index contributed by atoms with van der Waals surface area (Å²) in [5, 5.41) is 3.58. The van der Waals surface area contributed by atoms with Crippen LogP contribution in [0.25, 0.3) is 0 Å². The van der Waals surface area contributed by atoms with E-state index in [1.807, 2.05) is 6.07 Å². The molecule has 6 nitrogen and oxygen atoms in total. The lowest BCUT2D eigenvalue weighted by molar-refractivity contribution is 0.280. The third-order valence-corrected chi connectivity index (χ3v) is 4.86. The van der Waals surface area contributed by atoms with Crippen LogP contribution in [0.5, 0.6) is 5.75 Å². The Hall–Kier alpha value is -1.86. The van der Waals surface area contributed by atoms with E-state index in [2.05, 4.69) is 9.88 Å². The Labute approximate surface area is 123 Å². The van der Waals surface area contributed by atoms with Crippen molar-refractivity contribution in [3.8, 4) is 5.75 Å². The third kappa shape index (κ3) is 3.08. The molecule has 7 heteroatoms. The van der Waals surface area contributed by atoms with Crippen molar-refractivity contribution < 1.29 is 17.7 Å². The lowest BCUT2D eigenvalue weighted by atomic mass is 10.1. The van der Waals surface area contributed by atoms with Crippen LogP contribution in [0.15, 0.2) is 40.1 Å². The van der Waals surface area contributed by atoms with Gasteiger partial charge in [0.25, 0.3) is 0 Å². The molecule has 0 atom stereocenters. The summed E-state index contributed by atoms with van der Waals surface area (Å²) in [6.07, 6.45) is 5.36. The van der Waals surface area contributed by atoms with E-state index in [-0.39, 0.29) is 11.4 Å². The lowest BCUT2D eigenvalue weighted by Gasteiger charge is -2.20. The molecule has 1 aliphatic heterocycles. The SMILES string of the molecule is O=S(=O)(NCCc1cnoc1)c1cccc2c1OCCC2. The van der Waals surface area contributed by atoms with Gasteiger partial charge in [0.15, 0.2) is 0 Å². The maximum Gasteiger partial charge on any atom is 0.244 e. The van der Waals surface area contributed by atoms with Gasteiger partial charge in [-0.05, 0) is 30.9 Å². The molecule has 112 valence electrons. The molecule has 0 spiro atoms. The quantitative estimate of drug-likeness (QED) is 0.905. The molecule has 3 rings (SSSR count). The highest BCUT2D eigenvalue weighted by atomic mass is 32.2. The molecular formula is C14H16N2O4S. The molecule has 1 aromatic heterocycles. The molecule has 0 saturated carbocycles. The van der Waals surface area contributed by atoms with Gasteiger partial charge in [0.05, 0.1) is 12.8 Å². The van der Waals surface area contributed by atoms with Crippen LogP contribution in [0.4, 0.5) is 0 Å². The monoisotopic (exact) mass is 308 g/mol. The van der Waals surface area contributed by atoms with Crippen molar-refractivity contribution in [1.82, 2.24) is 9.88 Å². The second-order valence-electron chi connectivity index (χ2n) is 4.88. The van der Waals surface area contributed by atoms with Crippen LogP contribution in [-0.4, -0.2) is 26.7 Å².